The molecular formula is C12H21NS. The second kappa shape index (κ2) is 5.52. The Labute approximate surface area is 91.5 Å². The standard InChI is InChI=1S/C12H21NS/c1-5-9(2)7-13-8-12-6-10(3)14-11(12)4/h6,9,13H,5,7-8H2,1-4H3. The van der Waals surface area contributed by atoms with Crippen molar-refractivity contribution in [3.05, 3.63) is 21.4 Å². The highest BCUT2D eigenvalue weighted by Crippen LogP contribution is 2.20. The van der Waals surface area contributed by atoms with Crippen LogP contribution in [0.4, 0.5) is 0 Å². The Balaban J connectivity index is 2.34. The SMILES string of the molecule is CCC(C)CNCc1cc(C)sc1C. The predicted octanol–water partition coefficient (Wildman–Crippen LogP) is 3.50. The van der Waals surface area contributed by atoms with Crippen LogP contribution in [0.3, 0.4) is 0 Å². The number of aryl methyl sites for hydroxylation is 2. The summed E-state index contributed by atoms with van der Waals surface area (Å²) in [5.41, 5.74) is 1.47. The maximum atomic E-state index is 3.51. The minimum atomic E-state index is 0.787. The van der Waals surface area contributed by atoms with Gasteiger partial charge in [0, 0.05) is 16.3 Å². The highest BCUT2D eigenvalue weighted by atomic mass is 32.1. The average Bonchev–Trinajstić information content (AvgIpc) is 2.45. The topological polar surface area (TPSA) is 12.0 Å². The molecule has 1 nitrogen and oxygen atoms in total. The van der Waals surface area contributed by atoms with E-state index in [0.29, 0.717) is 0 Å². The van der Waals surface area contributed by atoms with E-state index in [9.17, 15) is 0 Å². The predicted molar refractivity (Wildman–Crippen MR) is 65.0 cm³/mol. The van der Waals surface area contributed by atoms with Gasteiger partial charge in [0.2, 0.25) is 0 Å². The highest BCUT2D eigenvalue weighted by molar-refractivity contribution is 7.12. The third-order valence-corrected chi connectivity index (χ3v) is 3.66. The number of hydrogen-bond donors (Lipinski definition) is 1. The van der Waals surface area contributed by atoms with Crippen molar-refractivity contribution in [1.82, 2.24) is 5.32 Å². The molecule has 1 aromatic heterocycles. The van der Waals surface area contributed by atoms with Crippen molar-refractivity contribution in [3.63, 3.8) is 0 Å². The Morgan fingerprint density at radius 2 is 2.14 bits per heavy atom. The quantitative estimate of drug-likeness (QED) is 0.786. The molecule has 1 atom stereocenters. The molecule has 1 rings (SSSR count). The first-order chi connectivity index (χ1) is 6.63. The van der Waals surface area contributed by atoms with Gasteiger partial charge in [-0.3, -0.25) is 0 Å². The highest BCUT2D eigenvalue weighted by Gasteiger charge is 2.03. The lowest BCUT2D eigenvalue weighted by molar-refractivity contribution is 0.500. The summed E-state index contributed by atoms with van der Waals surface area (Å²) in [4.78, 5) is 2.88. The zero-order valence-electron chi connectivity index (χ0n) is 9.68. The van der Waals surface area contributed by atoms with E-state index in [1.54, 1.807) is 0 Å². The van der Waals surface area contributed by atoms with Crippen LogP contribution < -0.4 is 5.32 Å². The molecule has 1 unspecified atom stereocenters. The van der Waals surface area contributed by atoms with Crippen LogP contribution in [0.15, 0.2) is 6.07 Å². The smallest absolute Gasteiger partial charge is 0.0216 e. The minimum Gasteiger partial charge on any atom is -0.312 e. The molecule has 2 heteroatoms. The maximum Gasteiger partial charge on any atom is 0.0216 e. The lowest BCUT2D eigenvalue weighted by Crippen LogP contribution is -2.20. The van der Waals surface area contributed by atoms with Crippen LogP contribution in [0, 0.1) is 19.8 Å². The molecule has 0 saturated carbocycles. The molecule has 0 aliphatic heterocycles. The third-order valence-electron chi connectivity index (χ3n) is 2.65. The van der Waals surface area contributed by atoms with Crippen LogP contribution in [0.2, 0.25) is 0 Å². The van der Waals surface area contributed by atoms with E-state index in [2.05, 4.69) is 39.1 Å². The second-order valence-electron chi connectivity index (χ2n) is 4.08. The minimum absolute atomic E-state index is 0.787. The summed E-state index contributed by atoms with van der Waals surface area (Å²) in [5.74, 6) is 0.787. The van der Waals surface area contributed by atoms with E-state index in [1.165, 1.54) is 21.7 Å². The van der Waals surface area contributed by atoms with Crippen LogP contribution in [0.5, 0.6) is 0 Å². The van der Waals surface area contributed by atoms with Crippen molar-refractivity contribution in [2.45, 2.75) is 40.7 Å². The van der Waals surface area contributed by atoms with Gasteiger partial charge in [-0.1, -0.05) is 20.3 Å². The van der Waals surface area contributed by atoms with Gasteiger partial charge < -0.3 is 5.32 Å². The van der Waals surface area contributed by atoms with Gasteiger partial charge in [-0.05, 0) is 37.9 Å². The number of thiophene rings is 1. The van der Waals surface area contributed by atoms with E-state index in [4.69, 9.17) is 0 Å². The molecule has 0 bridgehead atoms. The van der Waals surface area contributed by atoms with E-state index < -0.39 is 0 Å². The van der Waals surface area contributed by atoms with Crippen LogP contribution in [-0.2, 0) is 6.54 Å². The first-order valence-corrected chi connectivity index (χ1v) is 6.21. The van der Waals surface area contributed by atoms with Crippen LogP contribution in [0.1, 0.15) is 35.6 Å². The van der Waals surface area contributed by atoms with Crippen molar-refractivity contribution in [2.75, 3.05) is 6.54 Å². The molecule has 1 heterocycles. The van der Waals surface area contributed by atoms with Gasteiger partial charge in [0.1, 0.15) is 0 Å². The monoisotopic (exact) mass is 211 g/mol. The van der Waals surface area contributed by atoms with Gasteiger partial charge in [-0.15, -0.1) is 11.3 Å². The fourth-order valence-electron chi connectivity index (χ4n) is 1.46. The van der Waals surface area contributed by atoms with Crippen LogP contribution in [-0.4, -0.2) is 6.54 Å². The normalized spacial score (nSPS) is 13.1. The third kappa shape index (κ3) is 3.43. The second-order valence-corrected chi connectivity index (χ2v) is 5.54. The van der Waals surface area contributed by atoms with Gasteiger partial charge in [0.25, 0.3) is 0 Å². The van der Waals surface area contributed by atoms with Gasteiger partial charge in [-0.2, -0.15) is 0 Å². The summed E-state index contributed by atoms with van der Waals surface area (Å²) in [5, 5.41) is 3.51. The summed E-state index contributed by atoms with van der Waals surface area (Å²) < 4.78 is 0. The zero-order valence-corrected chi connectivity index (χ0v) is 10.5. The molecule has 80 valence electrons. The first kappa shape index (κ1) is 11.7. The van der Waals surface area contributed by atoms with Crippen molar-refractivity contribution in [3.8, 4) is 0 Å². The zero-order chi connectivity index (χ0) is 10.6. The van der Waals surface area contributed by atoms with E-state index in [0.717, 1.165) is 19.0 Å². The van der Waals surface area contributed by atoms with Crippen LogP contribution in [0.25, 0.3) is 0 Å². The summed E-state index contributed by atoms with van der Waals surface area (Å²) in [6.45, 7) is 11.1. The Bertz CT molecular complexity index is 278. The largest absolute Gasteiger partial charge is 0.312 e. The fraction of sp³-hybridized carbons (Fsp3) is 0.667. The summed E-state index contributed by atoms with van der Waals surface area (Å²) in [6.07, 6.45) is 1.26. The lowest BCUT2D eigenvalue weighted by atomic mass is 10.1. The van der Waals surface area contributed by atoms with Crippen molar-refractivity contribution in [2.24, 2.45) is 5.92 Å². The molecule has 1 N–H and O–H groups in total. The number of rotatable bonds is 5. The molecule has 0 aromatic carbocycles. The molecule has 0 radical (unpaired) electrons. The van der Waals surface area contributed by atoms with Crippen molar-refractivity contribution in [1.29, 1.82) is 0 Å². The summed E-state index contributed by atoms with van der Waals surface area (Å²) in [7, 11) is 0. The molecule has 0 saturated heterocycles. The van der Waals surface area contributed by atoms with Crippen molar-refractivity contribution < 1.29 is 0 Å². The van der Waals surface area contributed by atoms with Crippen LogP contribution >= 0.6 is 11.3 Å². The summed E-state index contributed by atoms with van der Waals surface area (Å²) >= 11 is 1.89. The van der Waals surface area contributed by atoms with E-state index >= 15 is 0 Å². The molecule has 0 amide bonds. The molecular weight excluding hydrogens is 190 g/mol. The molecule has 0 fully saturated rings. The Morgan fingerprint density at radius 3 is 2.64 bits per heavy atom. The number of hydrogen-bond acceptors (Lipinski definition) is 2. The van der Waals surface area contributed by atoms with Gasteiger partial charge in [0.15, 0.2) is 0 Å². The Morgan fingerprint density at radius 1 is 1.43 bits per heavy atom. The average molecular weight is 211 g/mol. The summed E-state index contributed by atoms with van der Waals surface area (Å²) in [6, 6.07) is 2.30. The lowest BCUT2D eigenvalue weighted by Gasteiger charge is -2.09. The Hall–Kier alpha value is -0.340. The first-order valence-electron chi connectivity index (χ1n) is 5.40. The van der Waals surface area contributed by atoms with E-state index in [-0.39, 0.29) is 0 Å². The van der Waals surface area contributed by atoms with E-state index in [1.807, 2.05) is 11.3 Å². The Kier molecular flexibility index (Phi) is 4.63. The molecule has 1 aromatic rings. The molecule has 0 spiro atoms. The fourth-order valence-corrected chi connectivity index (χ4v) is 2.40. The molecule has 0 aliphatic rings. The van der Waals surface area contributed by atoms with Gasteiger partial charge in [-0.25, -0.2) is 0 Å². The van der Waals surface area contributed by atoms with Crippen molar-refractivity contribution >= 4 is 11.3 Å². The molecule has 14 heavy (non-hydrogen) atoms. The number of nitrogens with one attached hydrogen (secondary N) is 1. The van der Waals surface area contributed by atoms with Gasteiger partial charge >= 0.3 is 0 Å². The van der Waals surface area contributed by atoms with Gasteiger partial charge in [0.05, 0.1) is 0 Å². The maximum absolute atomic E-state index is 3.51. The molecule has 0 aliphatic carbocycles.